The molecule has 0 aromatic rings. The van der Waals surface area contributed by atoms with Crippen molar-refractivity contribution < 1.29 is 24.2 Å². The highest BCUT2D eigenvalue weighted by Crippen LogP contribution is 2.27. The second kappa shape index (κ2) is 2.82. The van der Waals surface area contributed by atoms with E-state index in [1.807, 2.05) is 0 Å². The fourth-order valence-corrected chi connectivity index (χ4v) is 1.03. The molecule has 0 saturated carbocycles. The highest BCUT2D eigenvalue weighted by molar-refractivity contribution is 6.26. The third kappa shape index (κ3) is 1.61. The van der Waals surface area contributed by atoms with E-state index in [0.717, 1.165) is 0 Å². The number of ether oxygens (including phenoxy) is 2. The number of carbonyl (C=O) groups excluding carboxylic acids is 1. The zero-order chi connectivity index (χ0) is 9.35. The van der Waals surface area contributed by atoms with Gasteiger partial charge in [0.15, 0.2) is 0 Å². The summed E-state index contributed by atoms with van der Waals surface area (Å²) in [4.78, 5) is 19.8. The van der Waals surface area contributed by atoms with Crippen LogP contribution in [0, 0.1) is 0 Å². The minimum Gasteiger partial charge on any atom is -0.478 e. The summed E-state index contributed by atoms with van der Waals surface area (Å²) in [5.41, 5.74) is 0. The monoisotopic (exact) mass is 194 g/mol. The summed E-state index contributed by atoms with van der Waals surface area (Å²) < 4.78 is 8.79. The first kappa shape index (κ1) is 9.12. The van der Waals surface area contributed by atoms with E-state index in [2.05, 4.69) is 9.47 Å². The second-order valence-electron chi connectivity index (χ2n) is 2.65. The van der Waals surface area contributed by atoms with Gasteiger partial charge in [0.05, 0.1) is 0 Å². The number of rotatable bonds is 1. The van der Waals surface area contributed by atoms with Gasteiger partial charge in [0.25, 0.3) is 0 Å². The van der Waals surface area contributed by atoms with E-state index in [1.165, 1.54) is 6.92 Å². The lowest BCUT2D eigenvalue weighted by Crippen LogP contribution is -2.51. The molecule has 0 aromatic carbocycles. The number of carbonyl (C=O) groups is 2. The summed E-state index contributed by atoms with van der Waals surface area (Å²) in [5.74, 6) is -1.27. The number of carboxylic acid groups (broad SMARTS) is 1. The Kier molecular flexibility index (Phi) is 2.14. The molecule has 0 spiro atoms. The van der Waals surface area contributed by atoms with Crippen molar-refractivity contribution in [3.8, 4) is 0 Å². The standard InChI is InChI=1S/C6H7ClO5/c1-6(7)2-11-5(10)12-3(6)4(8)9/h3H,2H2,1H3,(H,8,9). The number of hydrogen-bond acceptors (Lipinski definition) is 4. The van der Waals surface area contributed by atoms with E-state index in [0.29, 0.717) is 0 Å². The van der Waals surface area contributed by atoms with Crippen molar-refractivity contribution in [3.63, 3.8) is 0 Å². The molecule has 1 aliphatic heterocycles. The normalized spacial score (nSPS) is 35.2. The molecule has 0 aromatic heterocycles. The van der Waals surface area contributed by atoms with Crippen LogP contribution in [-0.2, 0) is 14.3 Å². The van der Waals surface area contributed by atoms with Gasteiger partial charge in [-0.25, -0.2) is 9.59 Å². The molecule has 0 aliphatic carbocycles. The number of alkyl halides is 1. The van der Waals surface area contributed by atoms with E-state index >= 15 is 0 Å². The van der Waals surface area contributed by atoms with Gasteiger partial charge in [0.1, 0.15) is 11.5 Å². The number of halogens is 1. The Labute approximate surface area is 73.2 Å². The zero-order valence-corrected chi connectivity index (χ0v) is 7.00. The maximum atomic E-state index is 10.5. The predicted molar refractivity (Wildman–Crippen MR) is 38.1 cm³/mol. The van der Waals surface area contributed by atoms with Gasteiger partial charge < -0.3 is 14.6 Å². The molecule has 2 atom stereocenters. The molecule has 2 unspecified atom stereocenters. The van der Waals surface area contributed by atoms with E-state index in [1.54, 1.807) is 0 Å². The SMILES string of the molecule is CC1(Cl)COC(=O)OC1C(=O)O. The first-order valence-electron chi connectivity index (χ1n) is 3.18. The van der Waals surface area contributed by atoms with Gasteiger partial charge >= 0.3 is 12.1 Å². The number of aliphatic carboxylic acids is 1. The van der Waals surface area contributed by atoms with Crippen LogP contribution in [-0.4, -0.2) is 34.8 Å². The number of carboxylic acids is 1. The zero-order valence-electron chi connectivity index (χ0n) is 6.24. The molecule has 1 saturated heterocycles. The Bertz CT molecular complexity index is 224. The molecule has 0 amide bonds. The van der Waals surface area contributed by atoms with Crippen LogP contribution in [0.2, 0.25) is 0 Å². The highest BCUT2D eigenvalue weighted by Gasteiger charge is 2.46. The van der Waals surface area contributed by atoms with Gasteiger partial charge in [-0.2, -0.15) is 0 Å². The van der Waals surface area contributed by atoms with Gasteiger partial charge in [-0.05, 0) is 6.92 Å². The lowest BCUT2D eigenvalue weighted by Gasteiger charge is -2.31. The topological polar surface area (TPSA) is 72.8 Å². The van der Waals surface area contributed by atoms with Crippen LogP contribution in [0.4, 0.5) is 4.79 Å². The van der Waals surface area contributed by atoms with Gasteiger partial charge in [-0.15, -0.1) is 11.6 Å². The Morgan fingerprint density at radius 3 is 2.83 bits per heavy atom. The Morgan fingerprint density at radius 1 is 1.83 bits per heavy atom. The average Bonchev–Trinajstić information content (AvgIpc) is 1.94. The van der Waals surface area contributed by atoms with E-state index in [9.17, 15) is 9.59 Å². The number of hydrogen-bond donors (Lipinski definition) is 1. The number of cyclic esters (lactones) is 2. The molecule has 1 aliphatic rings. The quantitative estimate of drug-likeness (QED) is 0.489. The summed E-state index contributed by atoms with van der Waals surface area (Å²) in [6, 6.07) is 0. The van der Waals surface area contributed by atoms with Crippen LogP contribution in [0.3, 0.4) is 0 Å². The largest absolute Gasteiger partial charge is 0.509 e. The minimum atomic E-state index is -1.35. The van der Waals surface area contributed by atoms with Gasteiger partial charge in [0, 0.05) is 0 Å². The van der Waals surface area contributed by atoms with E-state index < -0.39 is 23.1 Å². The van der Waals surface area contributed by atoms with Crippen molar-refractivity contribution in [2.24, 2.45) is 0 Å². The first-order chi connectivity index (χ1) is 5.43. The maximum absolute atomic E-state index is 10.5. The Morgan fingerprint density at radius 2 is 2.42 bits per heavy atom. The van der Waals surface area contributed by atoms with Crippen molar-refractivity contribution in [3.05, 3.63) is 0 Å². The summed E-state index contributed by atoms with van der Waals surface area (Å²) in [7, 11) is 0. The fourth-order valence-electron chi connectivity index (χ4n) is 0.837. The van der Waals surface area contributed by atoms with Crippen LogP contribution in [0.5, 0.6) is 0 Å². The third-order valence-corrected chi connectivity index (χ3v) is 1.76. The van der Waals surface area contributed by atoms with Gasteiger partial charge in [0.2, 0.25) is 6.10 Å². The van der Waals surface area contributed by atoms with Crippen LogP contribution in [0.15, 0.2) is 0 Å². The van der Waals surface area contributed by atoms with Crippen molar-refractivity contribution >= 4 is 23.7 Å². The summed E-state index contributed by atoms with van der Waals surface area (Å²) >= 11 is 5.72. The van der Waals surface area contributed by atoms with E-state index in [4.69, 9.17) is 16.7 Å². The third-order valence-electron chi connectivity index (χ3n) is 1.46. The van der Waals surface area contributed by atoms with Crippen molar-refractivity contribution in [2.75, 3.05) is 6.61 Å². The van der Waals surface area contributed by atoms with Gasteiger partial charge in [-0.3, -0.25) is 0 Å². The Hall–Kier alpha value is -0.970. The maximum Gasteiger partial charge on any atom is 0.509 e. The van der Waals surface area contributed by atoms with Crippen LogP contribution >= 0.6 is 11.6 Å². The molecule has 5 nitrogen and oxygen atoms in total. The fraction of sp³-hybridized carbons (Fsp3) is 0.667. The van der Waals surface area contributed by atoms with Crippen molar-refractivity contribution in [1.29, 1.82) is 0 Å². The molecule has 0 bridgehead atoms. The lowest BCUT2D eigenvalue weighted by molar-refractivity contribution is -0.155. The molecular weight excluding hydrogens is 188 g/mol. The predicted octanol–water partition coefficient (Wildman–Crippen LogP) is 0.604. The summed E-state index contributed by atoms with van der Waals surface area (Å²) in [5, 5.41) is 8.57. The second-order valence-corrected chi connectivity index (χ2v) is 3.52. The molecule has 1 fully saturated rings. The molecule has 6 heteroatoms. The van der Waals surface area contributed by atoms with Crippen LogP contribution < -0.4 is 0 Å². The molecule has 1 heterocycles. The summed E-state index contributed by atoms with van der Waals surface area (Å²) in [6.45, 7) is 1.27. The molecule has 0 radical (unpaired) electrons. The first-order valence-corrected chi connectivity index (χ1v) is 3.56. The molecule has 1 rings (SSSR count). The molecular formula is C6H7ClO5. The van der Waals surface area contributed by atoms with Gasteiger partial charge in [-0.1, -0.05) is 0 Å². The van der Waals surface area contributed by atoms with Crippen molar-refractivity contribution in [1.82, 2.24) is 0 Å². The minimum absolute atomic E-state index is 0.162. The lowest BCUT2D eigenvalue weighted by atomic mass is 10.0. The van der Waals surface area contributed by atoms with Crippen LogP contribution in [0.25, 0.3) is 0 Å². The molecule has 1 N–H and O–H groups in total. The molecule has 68 valence electrons. The smallest absolute Gasteiger partial charge is 0.478 e. The highest BCUT2D eigenvalue weighted by atomic mass is 35.5. The Balaban J connectivity index is 2.78. The van der Waals surface area contributed by atoms with Crippen molar-refractivity contribution in [2.45, 2.75) is 17.9 Å². The summed E-state index contributed by atoms with van der Waals surface area (Å²) in [6.07, 6.45) is -2.35. The van der Waals surface area contributed by atoms with E-state index in [-0.39, 0.29) is 6.61 Å². The molecule has 12 heavy (non-hydrogen) atoms. The average molecular weight is 195 g/mol. The van der Waals surface area contributed by atoms with Crippen LogP contribution in [0.1, 0.15) is 6.92 Å².